The van der Waals surface area contributed by atoms with Crippen LogP contribution < -0.4 is 0 Å². The molecule has 0 spiro atoms. The van der Waals surface area contributed by atoms with Crippen molar-refractivity contribution in [1.29, 1.82) is 0 Å². The molecule has 0 N–H and O–H groups in total. The molecule has 0 bridgehead atoms. The number of amides is 1. The first-order chi connectivity index (χ1) is 11.6. The standard InChI is InChI=1S/C17H21N5OS/c1-12-4-3-5-15-19-14(11-22(12)15)16(23)20-6-8-21(9-7-20)17-18-10-13(2)24-17/h3-5,11,13H,6-10H2,1-2H3/t13-/m0/s1. The number of piperazine rings is 1. The average molecular weight is 343 g/mol. The van der Waals surface area contributed by atoms with Crippen molar-refractivity contribution in [2.75, 3.05) is 32.7 Å². The number of hydrogen-bond acceptors (Lipinski definition) is 5. The summed E-state index contributed by atoms with van der Waals surface area (Å²) < 4.78 is 1.97. The highest BCUT2D eigenvalue weighted by Gasteiger charge is 2.28. The van der Waals surface area contributed by atoms with Gasteiger partial charge in [0.25, 0.3) is 5.91 Å². The number of aliphatic imine (C=N–C) groups is 1. The smallest absolute Gasteiger partial charge is 0.274 e. The summed E-state index contributed by atoms with van der Waals surface area (Å²) in [5.41, 5.74) is 2.43. The Morgan fingerprint density at radius 1 is 1.25 bits per heavy atom. The Labute approximate surface area is 145 Å². The van der Waals surface area contributed by atoms with E-state index in [2.05, 4.69) is 21.8 Å². The number of aromatic nitrogens is 2. The van der Waals surface area contributed by atoms with Crippen LogP contribution in [0.2, 0.25) is 0 Å². The number of carbonyl (C=O) groups is 1. The fourth-order valence-electron chi connectivity index (χ4n) is 3.15. The zero-order chi connectivity index (χ0) is 16.7. The van der Waals surface area contributed by atoms with Crippen LogP contribution in [0.1, 0.15) is 23.1 Å². The molecule has 0 aliphatic carbocycles. The lowest BCUT2D eigenvalue weighted by Gasteiger charge is -2.35. The van der Waals surface area contributed by atoms with E-state index in [1.54, 1.807) is 0 Å². The maximum atomic E-state index is 12.8. The molecule has 0 radical (unpaired) electrons. The molecule has 126 valence electrons. The predicted octanol–water partition coefficient (Wildman–Crippen LogP) is 1.89. The van der Waals surface area contributed by atoms with Crippen LogP contribution in [-0.4, -0.2) is 68.2 Å². The monoisotopic (exact) mass is 343 g/mol. The molecule has 2 aliphatic rings. The van der Waals surface area contributed by atoms with Crippen LogP contribution in [0.4, 0.5) is 0 Å². The summed E-state index contributed by atoms with van der Waals surface area (Å²) in [4.78, 5) is 26.0. The van der Waals surface area contributed by atoms with Crippen molar-refractivity contribution in [1.82, 2.24) is 19.2 Å². The van der Waals surface area contributed by atoms with Crippen LogP contribution in [-0.2, 0) is 0 Å². The number of pyridine rings is 1. The van der Waals surface area contributed by atoms with Crippen LogP contribution in [0.25, 0.3) is 5.65 Å². The highest BCUT2D eigenvalue weighted by atomic mass is 32.2. The lowest BCUT2D eigenvalue weighted by molar-refractivity contribution is 0.0688. The van der Waals surface area contributed by atoms with E-state index >= 15 is 0 Å². The van der Waals surface area contributed by atoms with Crippen molar-refractivity contribution in [3.63, 3.8) is 0 Å². The van der Waals surface area contributed by atoms with Crippen molar-refractivity contribution in [3.8, 4) is 0 Å². The van der Waals surface area contributed by atoms with Gasteiger partial charge in [-0.3, -0.25) is 9.79 Å². The molecule has 2 aromatic rings. The minimum atomic E-state index is 0.0205. The van der Waals surface area contributed by atoms with Crippen LogP contribution in [0.15, 0.2) is 29.4 Å². The number of imidazole rings is 1. The molecule has 4 rings (SSSR count). The van der Waals surface area contributed by atoms with Gasteiger partial charge in [0.15, 0.2) is 5.17 Å². The Bertz CT molecular complexity index is 806. The number of rotatable bonds is 1. The molecule has 1 amide bonds. The van der Waals surface area contributed by atoms with E-state index in [4.69, 9.17) is 0 Å². The van der Waals surface area contributed by atoms with Gasteiger partial charge in [-0.2, -0.15) is 0 Å². The summed E-state index contributed by atoms with van der Waals surface area (Å²) in [7, 11) is 0. The maximum absolute atomic E-state index is 12.8. The van der Waals surface area contributed by atoms with E-state index < -0.39 is 0 Å². The zero-order valence-corrected chi connectivity index (χ0v) is 14.8. The van der Waals surface area contributed by atoms with Gasteiger partial charge < -0.3 is 14.2 Å². The van der Waals surface area contributed by atoms with Gasteiger partial charge in [-0.05, 0) is 19.1 Å². The highest BCUT2D eigenvalue weighted by molar-refractivity contribution is 8.14. The third-order valence-corrected chi connectivity index (χ3v) is 5.69. The SMILES string of the molecule is Cc1cccc2nc(C(=O)N3CCN(C4=NC[C@H](C)S4)CC3)cn12. The van der Waals surface area contributed by atoms with Gasteiger partial charge in [0.1, 0.15) is 11.3 Å². The third-order valence-electron chi connectivity index (χ3n) is 4.54. The van der Waals surface area contributed by atoms with E-state index in [1.807, 2.05) is 52.4 Å². The molecule has 24 heavy (non-hydrogen) atoms. The first kappa shape index (κ1) is 15.5. The Balaban J connectivity index is 1.45. The minimum Gasteiger partial charge on any atom is -0.348 e. The molecule has 0 saturated carbocycles. The van der Waals surface area contributed by atoms with Gasteiger partial charge in [-0.25, -0.2) is 4.98 Å². The zero-order valence-electron chi connectivity index (χ0n) is 14.0. The highest BCUT2D eigenvalue weighted by Crippen LogP contribution is 2.24. The average Bonchev–Trinajstić information content (AvgIpc) is 3.21. The second-order valence-corrected chi connectivity index (χ2v) is 7.76. The van der Waals surface area contributed by atoms with Gasteiger partial charge >= 0.3 is 0 Å². The van der Waals surface area contributed by atoms with Crippen LogP contribution in [0, 0.1) is 6.92 Å². The fourth-order valence-corrected chi connectivity index (χ4v) is 4.14. The van der Waals surface area contributed by atoms with Gasteiger partial charge in [0.2, 0.25) is 0 Å². The number of aryl methyl sites for hydroxylation is 1. The topological polar surface area (TPSA) is 53.2 Å². The van der Waals surface area contributed by atoms with Crippen molar-refractivity contribution >= 4 is 28.5 Å². The Hall–Kier alpha value is -2.02. The van der Waals surface area contributed by atoms with Crippen LogP contribution in [0.5, 0.6) is 0 Å². The second kappa shape index (κ2) is 6.12. The van der Waals surface area contributed by atoms with E-state index in [0.717, 1.165) is 49.2 Å². The molecule has 1 fully saturated rings. The molecule has 1 saturated heterocycles. The summed E-state index contributed by atoms with van der Waals surface area (Å²) >= 11 is 1.84. The molecule has 2 aromatic heterocycles. The largest absolute Gasteiger partial charge is 0.348 e. The second-order valence-electron chi connectivity index (χ2n) is 6.35. The summed E-state index contributed by atoms with van der Waals surface area (Å²) in [5.74, 6) is 0.0205. The van der Waals surface area contributed by atoms with Crippen molar-refractivity contribution in [2.24, 2.45) is 4.99 Å². The quantitative estimate of drug-likeness (QED) is 0.793. The number of nitrogens with zero attached hydrogens (tertiary/aromatic N) is 5. The Kier molecular flexibility index (Phi) is 3.96. The first-order valence-corrected chi connectivity index (χ1v) is 9.20. The van der Waals surface area contributed by atoms with Gasteiger partial charge in [0.05, 0.1) is 6.54 Å². The predicted molar refractivity (Wildman–Crippen MR) is 96.8 cm³/mol. The van der Waals surface area contributed by atoms with E-state index in [9.17, 15) is 4.79 Å². The van der Waals surface area contributed by atoms with Crippen molar-refractivity contribution in [3.05, 3.63) is 35.8 Å². The summed E-state index contributed by atoms with van der Waals surface area (Å²) in [6.45, 7) is 8.25. The molecule has 6 nitrogen and oxygen atoms in total. The fraction of sp³-hybridized carbons (Fsp3) is 0.471. The lowest BCUT2D eigenvalue weighted by atomic mass is 10.3. The summed E-state index contributed by atoms with van der Waals surface area (Å²) in [6.07, 6.45) is 1.85. The van der Waals surface area contributed by atoms with Crippen molar-refractivity contribution in [2.45, 2.75) is 19.1 Å². The first-order valence-electron chi connectivity index (χ1n) is 8.32. The molecule has 7 heteroatoms. The van der Waals surface area contributed by atoms with Crippen molar-refractivity contribution < 1.29 is 4.79 Å². The maximum Gasteiger partial charge on any atom is 0.274 e. The summed E-state index contributed by atoms with van der Waals surface area (Å²) in [5, 5.41) is 1.71. The van der Waals surface area contributed by atoms with E-state index in [1.165, 1.54) is 0 Å². The number of thioether (sulfide) groups is 1. The van der Waals surface area contributed by atoms with Crippen LogP contribution in [0.3, 0.4) is 0 Å². The van der Waals surface area contributed by atoms with Gasteiger partial charge in [-0.15, -0.1) is 0 Å². The Morgan fingerprint density at radius 3 is 2.71 bits per heavy atom. The molecule has 1 atom stereocenters. The van der Waals surface area contributed by atoms with Gasteiger partial charge in [0, 0.05) is 43.3 Å². The molecule has 0 aromatic carbocycles. The van der Waals surface area contributed by atoms with Gasteiger partial charge in [-0.1, -0.05) is 24.8 Å². The molecule has 4 heterocycles. The number of carbonyl (C=O) groups excluding carboxylic acids is 1. The number of hydrogen-bond donors (Lipinski definition) is 0. The van der Waals surface area contributed by atoms with Crippen LogP contribution >= 0.6 is 11.8 Å². The summed E-state index contributed by atoms with van der Waals surface area (Å²) in [6, 6.07) is 5.91. The third kappa shape index (κ3) is 2.77. The molecular weight excluding hydrogens is 322 g/mol. The Morgan fingerprint density at radius 2 is 2.04 bits per heavy atom. The minimum absolute atomic E-state index is 0.0205. The number of fused-ring (bicyclic) bond motifs is 1. The lowest BCUT2D eigenvalue weighted by Crippen LogP contribution is -2.50. The molecule has 2 aliphatic heterocycles. The normalized spacial score (nSPS) is 21.4. The van der Waals surface area contributed by atoms with E-state index in [0.29, 0.717) is 10.9 Å². The van der Waals surface area contributed by atoms with E-state index in [-0.39, 0.29) is 5.91 Å². The molecular formula is C17H21N5OS. The molecule has 0 unspecified atom stereocenters. The number of amidine groups is 1.